The lowest BCUT2D eigenvalue weighted by Crippen LogP contribution is -2.43. The fourth-order valence-electron chi connectivity index (χ4n) is 2.25. The van der Waals surface area contributed by atoms with Crippen molar-refractivity contribution in [3.05, 3.63) is 36.1 Å². The van der Waals surface area contributed by atoms with Crippen molar-refractivity contribution in [2.45, 2.75) is 39.7 Å². The summed E-state index contributed by atoms with van der Waals surface area (Å²) in [7, 11) is 0. The van der Waals surface area contributed by atoms with Crippen molar-refractivity contribution in [3.8, 4) is 0 Å². The second-order valence-electron chi connectivity index (χ2n) is 5.71. The van der Waals surface area contributed by atoms with Crippen LogP contribution in [-0.2, 0) is 4.74 Å². The number of hydrogen-bond donors (Lipinski definition) is 1. The van der Waals surface area contributed by atoms with Crippen LogP contribution in [0.3, 0.4) is 0 Å². The van der Waals surface area contributed by atoms with Crippen LogP contribution in [0.5, 0.6) is 0 Å². The van der Waals surface area contributed by atoms with E-state index in [4.69, 9.17) is 4.74 Å². The Bertz CT molecular complexity index is 360. The predicted octanol–water partition coefficient (Wildman–Crippen LogP) is 3.13. The van der Waals surface area contributed by atoms with Gasteiger partial charge in [0.25, 0.3) is 0 Å². The number of aliphatic hydroxyl groups excluding tert-OH is 1. The van der Waals surface area contributed by atoms with Crippen LogP contribution in [-0.4, -0.2) is 42.4 Å². The Kier molecular flexibility index (Phi) is 7.63. The summed E-state index contributed by atoms with van der Waals surface area (Å²) in [6, 6.07) is 0. The van der Waals surface area contributed by atoms with Crippen LogP contribution in [0.1, 0.15) is 33.6 Å². The summed E-state index contributed by atoms with van der Waals surface area (Å²) in [5.41, 5.74) is 1.02. The van der Waals surface area contributed by atoms with E-state index in [1.807, 2.05) is 32.1 Å². The van der Waals surface area contributed by atoms with Gasteiger partial charge in [-0.25, -0.2) is 0 Å². The molecule has 0 aliphatic carbocycles. The molecule has 114 valence electrons. The zero-order valence-electron chi connectivity index (χ0n) is 13.1. The third-order valence-electron chi connectivity index (χ3n) is 3.71. The molecule has 1 aliphatic rings. The van der Waals surface area contributed by atoms with Gasteiger partial charge >= 0.3 is 0 Å². The Balaban J connectivity index is 2.19. The number of nitrogens with zero attached hydrogens (tertiary/aromatic N) is 1. The van der Waals surface area contributed by atoms with Gasteiger partial charge in [-0.05, 0) is 51.3 Å². The van der Waals surface area contributed by atoms with Crippen molar-refractivity contribution in [2.24, 2.45) is 5.92 Å². The zero-order chi connectivity index (χ0) is 15.0. The van der Waals surface area contributed by atoms with E-state index >= 15 is 0 Å². The van der Waals surface area contributed by atoms with Gasteiger partial charge in [-0.2, -0.15) is 0 Å². The Hall–Kier alpha value is -1.06. The van der Waals surface area contributed by atoms with Gasteiger partial charge in [-0.1, -0.05) is 25.2 Å². The fraction of sp³-hybridized carbons (Fsp3) is 0.647. The first-order chi connectivity index (χ1) is 9.52. The molecule has 0 amide bonds. The molecule has 1 heterocycles. The average molecular weight is 279 g/mol. The first-order valence-corrected chi connectivity index (χ1v) is 7.56. The molecule has 0 aromatic rings. The fourth-order valence-corrected chi connectivity index (χ4v) is 2.25. The van der Waals surface area contributed by atoms with Crippen LogP contribution in [0.4, 0.5) is 0 Å². The maximum atomic E-state index is 9.85. The molecule has 1 aliphatic heterocycles. The first kappa shape index (κ1) is 17.0. The number of β-amino-alcohol motifs (C(OH)–C–C–N with tert-alkyl or cyclic N) is 1. The highest BCUT2D eigenvalue weighted by Gasteiger charge is 2.23. The molecule has 1 rings (SSSR count). The number of likely N-dealkylation sites (tertiary alicyclic amines) is 1. The molecular formula is C17H29NO2. The number of allylic oxidation sites excluding steroid dienone is 4. The standard InChI is InChI=1S/C17H29NO2/c1-5-16(8-7-14(2)3)20-12-6-10-18-11-9-15(4)17(19)13-18/h5,7-8,15,17,19H,2,6,9-13H2,1,3-4H3/b8-7-,16-5+. The summed E-state index contributed by atoms with van der Waals surface area (Å²) in [5.74, 6) is 1.32. The molecule has 3 heteroatoms. The maximum absolute atomic E-state index is 9.85. The van der Waals surface area contributed by atoms with Crippen LogP contribution >= 0.6 is 0 Å². The van der Waals surface area contributed by atoms with Crippen molar-refractivity contribution in [3.63, 3.8) is 0 Å². The summed E-state index contributed by atoms with van der Waals surface area (Å²) in [5, 5.41) is 9.85. The molecule has 0 radical (unpaired) electrons. The number of rotatable bonds is 7. The molecule has 0 bridgehead atoms. The quantitative estimate of drug-likeness (QED) is 0.441. The smallest absolute Gasteiger partial charge is 0.115 e. The van der Waals surface area contributed by atoms with Crippen molar-refractivity contribution >= 4 is 0 Å². The minimum atomic E-state index is -0.172. The number of piperidine rings is 1. The molecule has 1 saturated heterocycles. The van der Waals surface area contributed by atoms with Crippen molar-refractivity contribution in [1.29, 1.82) is 0 Å². The molecular weight excluding hydrogens is 250 g/mol. The van der Waals surface area contributed by atoms with E-state index in [2.05, 4.69) is 18.4 Å². The normalized spacial score (nSPS) is 25.1. The van der Waals surface area contributed by atoms with Gasteiger partial charge in [0.15, 0.2) is 0 Å². The highest BCUT2D eigenvalue weighted by atomic mass is 16.5. The van der Waals surface area contributed by atoms with E-state index in [0.717, 1.165) is 43.8 Å². The molecule has 3 nitrogen and oxygen atoms in total. The molecule has 1 fully saturated rings. The molecule has 0 aromatic heterocycles. The first-order valence-electron chi connectivity index (χ1n) is 7.56. The number of hydrogen-bond acceptors (Lipinski definition) is 3. The van der Waals surface area contributed by atoms with Gasteiger partial charge in [0.05, 0.1) is 12.7 Å². The third-order valence-corrected chi connectivity index (χ3v) is 3.71. The largest absolute Gasteiger partial charge is 0.494 e. The van der Waals surface area contributed by atoms with E-state index in [9.17, 15) is 5.11 Å². The Labute approximate surface area is 123 Å². The van der Waals surface area contributed by atoms with Crippen molar-refractivity contribution in [2.75, 3.05) is 26.2 Å². The van der Waals surface area contributed by atoms with E-state index < -0.39 is 0 Å². The SMILES string of the molecule is C=C(C)/C=C\C(=C/C)OCCCN1CCC(C)C(O)C1. The van der Waals surface area contributed by atoms with Gasteiger partial charge in [-0.15, -0.1) is 0 Å². The van der Waals surface area contributed by atoms with Gasteiger partial charge in [-0.3, -0.25) is 0 Å². The molecule has 0 aromatic carbocycles. The Morgan fingerprint density at radius 3 is 2.80 bits per heavy atom. The summed E-state index contributed by atoms with van der Waals surface area (Å²) < 4.78 is 5.72. The third kappa shape index (κ3) is 6.40. The predicted molar refractivity (Wildman–Crippen MR) is 84.5 cm³/mol. The van der Waals surface area contributed by atoms with Crippen LogP contribution in [0.15, 0.2) is 36.1 Å². The second-order valence-corrected chi connectivity index (χ2v) is 5.71. The molecule has 2 atom stereocenters. The number of ether oxygens (including phenoxy) is 1. The Morgan fingerprint density at radius 1 is 1.45 bits per heavy atom. The van der Waals surface area contributed by atoms with Gasteiger partial charge < -0.3 is 14.7 Å². The van der Waals surface area contributed by atoms with Crippen LogP contribution < -0.4 is 0 Å². The summed E-state index contributed by atoms with van der Waals surface area (Å²) in [4.78, 5) is 2.33. The summed E-state index contributed by atoms with van der Waals surface area (Å²) >= 11 is 0. The molecule has 1 N–H and O–H groups in total. The summed E-state index contributed by atoms with van der Waals surface area (Å²) in [6.07, 6.45) is 7.77. The van der Waals surface area contributed by atoms with Gasteiger partial charge in [0.1, 0.15) is 5.76 Å². The van der Waals surface area contributed by atoms with E-state index in [-0.39, 0.29) is 6.10 Å². The van der Waals surface area contributed by atoms with Crippen molar-refractivity contribution < 1.29 is 9.84 Å². The van der Waals surface area contributed by atoms with Crippen molar-refractivity contribution in [1.82, 2.24) is 4.90 Å². The second kappa shape index (κ2) is 8.98. The van der Waals surface area contributed by atoms with Gasteiger partial charge in [0, 0.05) is 13.1 Å². The minimum absolute atomic E-state index is 0.172. The maximum Gasteiger partial charge on any atom is 0.115 e. The van der Waals surface area contributed by atoms with Crippen LogP contribution in [0.2, 0.25) is 0 Å². The highest BCUT2D eigenvalue weighted by Crippen LogP contribution is 2.17. The highest BCUT2D eigenvalue weighted by molar-refractivity contribution is 5.20. The molecule has 2 unspecified atom stereocenters. The lowest BCUT2D eigenvalue weighted by molar-refractivity contribution is 0.0265. The van der Waals surface area contributed by atoms with E-state index in [0.29, 0.717) is 12.5 Å². The molecule has 20 heavy (non-hydrogen) atoms. The van der Waals surface area contributed by atoms with Crippen LogP contribution in [0, 0.1) is 5.92 Å². The monoisotopic (exact) mass is 279 g/mol. The van der Waals surface area contributed by atoms with E-state index in [1.165, 1.54) is 0 Å². The Morgan fingerprint density at radius 2 is 2.20 bits per heavy atom. The minimum Gasteiger partial charge on any atom is -0.494 e. The van der Waals surface area contributed by atoms with E-state index in [1.54, 1.807) is 0 Å². The molecule has 0 saturated carbocycles. The van der Waals surface area contributed by atoms with Crippen LogP contribution in [0.25, 0.3) is 0 Å². The lowest BCUT2D eigenvalue weighted by atomic mass is 9.96. The molecule has 0 spiro atoms. The zero-order valence-corrected chi connectivity index (χ0v) is 13.1. The topological polar surface area (TPSA) is 32.7 Å². The lowest BCUT2D eigenvalue weighted by Gasteiger charge is -2.34. The number of aliphatic hydroxyl groups is 1. The van der Waals surface area contributed by atoms with Gasteiger partial charge in [0.2, 0.25) is 0 Å². The summed E-state index contributed by atoms with van der Waals surface area (Å²) in [6.45, 7) is 13.5. The average Bonchev–Trinajstić information content (AvgIpc) is 2.41.